The van der Waals surface area contributed by atoms with Gasteiger partial charge < -0.3 is 9.47 Å². The van der Waals surface area contributed by atoms with Crippen molar-refractivity contribution >= 4 is 44.4 Å². The summed E-state index contributed by atoms with van der Waals surface area (Å²) < 4.78 is 11.7. The van der Waals surface area contributed by atoms with Crippen molar-refractivity contribution in [3.63, 3.8) is 0 Å². The largest absolute Gasteiger partial charge is 0.497 e. The summed E-state index contributed by atoms with van der Waals surface area (Å²) in [5.74, 6) is 2.24. The molecule has 0 aliphatic rings. The lowest BCUT2D eigenvalue weighted by Gasteiger charge is -2.20. The van der Waals surface area contributed by atoms with Gasteiger partial charge in [-0.1, -0.05) is 17.4 Å². The monoisotopic (exact) mass is 479 g/mol. The van der Waals surface area contributed by atoms with E-state index in [4.69, 9.17) is 14.5 Å². The Hall–Kier alpha value is -3.10. The maximum Gasteiger partial charge on any atom is 0.229 e. The summed E-state index contributed by atoms with van der Waals surface area (Å²) in [4.78, 5) is 25.1. The zero-order valence-corrected chi connectivity index (χ0v) is 20.4. The van der Waals surface area contributed by atoms with Crippen LogP contribution in [0.4, 0.5) is 5.13 Å². The Kier molecular flexibility index (Phi) is 7.47. The first-order valence-electron chi connectivity index (χ1n) is 10.5. The molecule has 8 heteroatoms. The average molecular weight is 480 g/mol. The number of carbonyl (C=O) groups is 1. The third kappa shape index (κ3) is 5.46. The molecule has 2 aromatic carbocycles. The Morgan fingerprint density at radius 1 is 1.03 bits per heavy atom. The molecule has 4 aromatic rings. The normalized spacial score (nSPS) is 10.9. The van der Waals surface area contributed by atoms with E-state index in [0.717, 1.165) is 32.0 Å². The molecule has 4 rings (SSSR count). The van der Waals surface area contributed by atoms with E-state index in [9.17, 15) is 4.79 Å². The Morgan fingerprint density at radius 2 is 1.79 bits per heavy atom. The van der Waals surface area contributed by atoms with Gasteiger partial charge in [-0.05, 0) is 60.5 Å². The van der Waals surface area contributed by atoms with Crippen molar-refractivity contribution in [3.05, 3.63) is 72.1 Å². The van der Waals surface area contributed by atoms with E-state index in [2.05, 4.69) is 4.98 Å². The van der Waals surface area contributed by atoms with Crippen LogP contribution in [0.25, 0.3) is 10.2 Å². The number of thioether (sulfide) groups is 1. The molecular weight excluding hydrogens is 454 g/mol. The van der Waals surface area contributed by atoms with Crippen LogP contribution in [0.3, 0.4) is 0 Å². The van der Waals surface area contributed by atoms with Crippen molar-refractivity contribution in [2.45, 2.75) is 24.8 Å². The van der Waals surface area contributed by atoms with E-state index < -0.39 is 0 Å². The van der Waals surface area contributed by atoms with Crippen molar-refractivity contribution in [1.82, 2.24) is 9.97 Å². The summed E-state index contributed by atoms with van der Waals surface area (Å²) in [5.41, 5.74) is 2.91. The molecule has 0 fully saturated rings. The number of nitrogens with zero attached hydrogens (tertiary/aromatic N) is 3. The first kappa shape index (κ1) is 23.1. The minimum absolute atomic E-state index is 0.0310. The van der Waals surface area contributed by atoms with Crippen LogP contribution in [0, 0.1) is 6.92 Å². The molecule has 0 bridgehead atoms. The molecule has 6 nitrogen and oxygen atoms in total. The van der Waals surface area contributed by atoms with Gasteiger partial charge in [0, 0.05) is 29.5 Å². The zero-order valence-electron chi connectivity index (χ0n) is 18.8. The Balaban J connectivity index is 1.56. The van der Waals surface area contributed by atoms with Gasteiger partial charge >= 0.3 is 0 Å². The number of thiazole rings is 1. The maximum atomic E-state index is 13.4. The topological polar surface area (TPSA) is 64.5 Å². The maximum absolute atomic E-state index is 13.4. The fourth-order valence-electron chi connectivity index (χ4n) is 3.37. The number of carbonyl (C=O) groups excluding carboxylic acids is 1. The summed E-state index contributed by atoms with van der Waals surface area (Å²) in [7, 11) is 3.29. The van der Waals surface area contributed by atoms with E-state index in [1.807, 2.05) is 55.5 Å². The quantitative estimate of drug-likeness (QED) is 0.286. The van der Waals surface area contributed by atoms with Gasteiger partial charge in [-0.2, -0.15) is 0 Å². The SMILES string of the molecule is COc1ccc(SCCC(=O)N(Cc2ccncc2)c2nc3c(OC)ccc(C)c3s2)cc1. The Morgan fingerprint density at radius 3 is 2.48 bits per heavy atom. The number of aryl methyl sites for hydroxylation is 1. The number of ether oxygens (including phenoxy) is 2. The summed E-state index contributed by atoms with van der Waals surface area (Å²) in [6, 6.07) is 15.6. The van der Waals surface area contributed by atoms with E-state index in [1.54, 1.807) is 43.3 Å². The van der Waals surface area contributed by atoms with Crippen LogP contribution in [-0.2, 0) is 11.3 Å². The van der Waals surface area contributed by atoms with E-state index in [-0.39, 0.29) is 5.91 Å². The molecule has 1 amide bonds. The molecule has 0 N–H and O–H groups in total. The van der Waals surface area contributed by atoms with Crippen LogP contribution < -0.4 is 14.4 Å². The first-order chi connectivity index (χ1) is 16.1. The van der Waals surface area contributed by atoms with Gasteiger partial charge in [-0.25, -0.2) is 4.98 Å². The van der Waals surface area contributed by atoms with Gasteiger partial charge in [-0.15, -0.1) is 11.8 Å². The first-order valence-corrected chi connectivity index (χ1v) is 12.3. The molecule has 0 spiro atoms. The number of pyridine rings is 1. The van der Waals surface area contributed by atoms with Crippen LogP contribution in [0.1, 0.15) is 17.5 Å². The number of hydrogen-bond acceptors (Lipinski definition) is 7. The predicted molar refractivity (Wildman–Crippen MR) is 135 cm³/mol. The Labute approximate surface area is 201 Å². The third-order valence-corrected chi connectivity index (χ3v) is 7.41. The highest BCUT2D eigenvalue weighted by atomic mass is 32.2. The fourth-order valence-corrected chi connectivity index (χ4v) is 5.28. The molecule has 2 heterocycles. The molecule has 0 aliphatic carbocycles. The van der Waals surface area contributed by atoms with Crippen molar-refractivity contribution in [1.29, 1.82) is 0 Å². The van der Waals surface area contributed by atoms with Gasteiger partial charge in [0.1, 0.15) is 17.0 Å². The van der Waals surface area contributed by atoms with E-state index >= 15 is 0 Å². The second-order valence-corrected chi connectivity index (χ2v) is 9.51. The van der Waals surface area contributed by atoms with Crippen LogP contribution in [-0.4, -0.2) is 35.8 Å². The highest BCUT2D eigenvalue weighted by Gasteiger charge is 2.22. The molecule has 0 aliphatic heterocycles. The van der Waals surface area contributed by atoms with Gasteiger partial charge in [0.15, 0.2) is 5.13 Å². The van der Waals surface area contributed by atoms with E-state index in [0.29, 0.717) is 29.6 Å². The smallest absolute Gasteiger partial charge is 0.229 e. The number of aromatic nitrogens is 2. The van der Waals surface area contributed by atoms with Crippen molar-refractivity contribution < 1.29 is 14.3 Å². The average Bonchev–Trinajstić information content (AvgIpc) is 3.30. The number of rotatable bonds is 9. The summed E-state index contributed by atoms with van der Waals surface area (Å²) in [5, 5.41) is 0.675. The molecule has 0 saturated heterocycles. The van der Waals surface area contributed by atoms with Crippen LogP contribution >= 0.6 is 23.1 Å². The molecule has 2 aromatic heterocycles. The van der Waals surface area contributed by atoms with E-state index in [1.165, 1.54) is 11.3 Å². The molecule has 0 atom stereocenters. The number of benzene rings is 2. The molecule has 0 radical (unpaired) electrons. The second kappa shape index (κ2) is 10.7. The standard InChI is InChI=1S/C25H25N3O3S2/c1-17-4-9-21(31-3)23-24(17)33-25(27-23)28(16-18-10-13-26-14-11-18)22(29)12-15-32-20-7-5-19(30-2)6-8-20/h4-11,13-14H,12,15-16H2,1-3H3. The lowest BCUT2D eigenvalue weighted by Crippen LogP contribution is -2.30. The fraction of sp³-hybridized carbons (Fsp3) is 0.240. The van der Waals surface area contributed by atoms with Crippen LogP contribution in [0.5, 0.6) is 11.5 Å². The van der Waals surface area contributed by atoms with Gasteiger partial charge in [-0.3, -0.25) is 14.7 Å². The van der Waals surface area contributed by atoms with Crippen LogP contribution in [0.2, 0.25) is 0 Å². The number of fused-ring (bicyclic) bond motifs is 1. The predicted octanol–water partition coefficient (Wildman–Crippen LogP) is 5.73. The zero-order chi connectivity index (χ0) is 23.2. The van der Waals surface area contributed by atoms with Gasteiger partial charge in [0.25, 0.3) is 0 Å². The molecule has 170 valence electrons. The minimum Gasteiger partial charge on any atom is -0.497 e. The molecular formula is C25H25N3O3S2. The summed E-state index contributed by atoms with van der Waals surface area (Å²) in [6.07, 6.45) is 3.87. The lowest BCUT2D eigenvalue weighted by molar-refractivity contribution is -0.118. The van der Waals surface area contributed by atoms with Crippen molar-refractivity contribution in [2.75, 3.05) is 24.9 Å². The third-order valence-electron chi connectivity index (χ3n) is 5.18. The Bertz CT molecular complexity index is 1230. The van der Waals surface area contributed by atoms with Crippen LogP contribution in [0.15, 0.2) is 65.8 Å². The molecule has 0 unspecified atom stereocenters. The minimum atomic E-state index is 0.0310. The summed E-state index contributed by atoms with van der Waals surface area (Å²) in [6.45, 7) is 2.49. The highest BCUT2D eigenvalue weighted by Crippen LogP contribution is 2.37. The van der Waals surface area contributed by atoms with Gasteiger partial charge in [0.05, 0.1) is 25.5 Å². The number of hydrogen-bond donors (Lipinski definition) is 0. The van der Waals surface area contributed by atoms with Gasteiger partial charge in [0.2, 0.25) is 5.91 Å². The summed E-state index contributed by atoms with van der Waals surface area (Å²) >= 11 is 3.17. The highest BCUT2D eigenvalue weighted by molar-refractivity contribution is 7.99. The van der Waals surface area contributed by atoms with Crippen molar-refractivity contribution in [3.8, 4) is 11.5 Å². The number of methoxy groups -OCH3 is 2. The molecule has 33 heavy (non-hydrogen) atoms. The molecule has 0 saturated carbocycles. The lowest BCUT2D eigenvalue weighted by atomic mass is 10.2. The number of amides is 1. The van der Waals surface area contributed by atoms with Crippen molar-refractivity contribution in [2.24, 2.45) is 0 Å². The second-order valence-electron chi connectivity index (χ2n) is 7.37. The number of anilines is 1.